The molecule has 3 nitrogen and oxygen atoms in total. The van der Waals surface area contributed by atoms with E-state index in [0.29, 0.717) is 17.9 Å². The molecule has 0 fully saturated rings. The molecule has 0 bridgehead atoms. The van der Waals surface area contributed by atoms with Crippen LogP contribution in [0.3, 0.4) is 0 Å². The summed E-state index contributed by atoms with van der Waals surface area (Å²) in [6.45, 7) is 4.69. The van der Waals surface area contributed by atoms with Crippen LogP contribution in [0.25, 0.3) is 0 Å². The van der Waals surface area contributed by atoms with Gasteiger partial charge in [0.25, 0.3) is 5.91 Å². The molecule has 16 heavy (non-hydrogen) atoms. The van der Waals surface area contributed by atoms with Crippen molar-refractivity contribution in [3.05, 3.63) is 29.8 Å². The third kappa shape index (κ3) is 3.52. The highest BCUT2D eigenvalue weighted by atomic mass is 79.9. The maximum atomic E-state index is 11.1. The van der Waals surface area contributed by atoms with Crippen LogP contribution in [0.4, 0.5) is 0 Å². The van der Waals surface area contributed by atoms with E-state index in [1.807, 2.05) is 6.07 Å². The molecule has 4 heteroatoms. The van der Waals surface area contributed by atoms with Crippen molar-refractivity contribution in [3.8, 4) is 5.75 Å². The van der Waals surface area contributed by atoms with E-state index in [2.05, 4.69) is 29.8 Å². The molecule has 1 aromatic rings. The van der Waals surface area contributed by atoms with Crippen molar-refractivity contribution in [1.82, 2.24) is 0 Å². The quantitative estimate of drug-likeness (QED) is 0.846. The summed E-state index contributed by atoms with van der Waals surface area (Å²) in [6, 6.07) is 7.01. The fraction of sp³-hybridized carbons (Fsp3) is 0.417. The Labute approximate surface area is 104 Å². The van der Waals surface area contributed by atoms with Gasteiger partial charge in [0.2, 0.25) is 0 Å². The number of alkyl halides is 1. The summed E-state index contributed by atoms with van der Waals surface area (Å²) in [7, 11) is 0. The minimum Gasteiger partial charge on any atom is -0.492 e. The first-order chi connectivity index (χ1) is 7.46. The maximum Gasteiger partial charge on any atom is 0.252 e. The second kappa shape index (κ2) is 5.34. The molecule has 0 radical (unpaired) electrons. The van der Waals surface area contributed by atoms with E-state index in [1.165, 1.54) is 0 Å². The molecule has 1 rings (SSSR count). The molecule has 0 saturated heterocycles. The Morgan fingerprint density at radius 3 is 2.62 bits per heavy atom. The van der Waals surface area contributed by atoms with Gasteiger partial charge in [0.15, 0.2) is 0 Å². The third-order valence-corrected chi connectivity index (χ3v) is 3.65. The molecule has 0 aromatic heterocycles. The summed E-state index contributed by atoms with van der Waals surface area (Å²) >= 11 is 3.42. The van der Waals surface area contributed by atoms with Crippen LogP contribution in [0.1, 0.15) is 24.2 Å². The number of carbonyl (C=O) groups excluding carboxylic acids is 1. The number of hydrogen-bond donors (Lipinski definition) is 1. The summed E-state index contributed by atoms with van der Waals surface area (Å²) in [5.74, 6) is 0.0799. The van der Waals surface area contributed by atoms with Gasteiger partial charge in [-0.1, -0.05) is 41.9 Å². The third-order valence-electron chi connectivity index (χ3n) is 2.13. The lowest BCUT2D eigenvalue weighted by Gasteiger charge is -2.22. The number of ether oxygens (including phenoxy) is 1. The molecule has 0 heterocycles. The largest absolute Gasteiger partial charge is 0.492 e. The Hall–Kier alpha value is -1.03. The number of primary amides is 1. The van der Waals surface area contributed by atoms with Crippen LogP contribution in [0.2, 0.25) is 0 Å². The van der Waals surface area contributed by atoms with Gasteiger partial charge in [0.05, 0.1) is 12.2 Å². The second-order valence-corrected chi connectivity index (χ2v) is 5.01. The highest BCUT2D eigenvalue weighted by Gasteiger charge is 2.18. The van der Waals surface area contributed by atoms with E-state index in [4.69, 9.17) is 10.5 Å². The Morgan fingerprint density at radius 2 is 2.06 bits per heavy atom. The van der Waals surface area contributed by atoms with Gasteiger partial charge in [-0.05, 0) is 12.1 Å². The zero-order valence-electron chi connectivity index (χ0n) is 9.50. The number of benzene rings is 1. The number of halogens is 1. The predicted molar refractivity (Wildman–Crippen MR) is 68.0 cm³/mol. The fourth-order valence-corrected chi connectivity index (χ4v) is 1.27. The molecule has 88 valence electrons. The molecule has 0 aliphatic carbocycles. The Morgan fingerprint density at radius 1 is 1.44 bits per heavy atom. The van der Waals surface area contributed by atoms with E-state index in [9.17, 15) is 4.79 Å². The first kappa shape index (κ1) is 13.0. The van der Waals surface area contributed by atoms with Crippen LogP contribution in [-0.4, -0.2) is 17.8 Å². The van der Waals surface area contributed by atoms with Crippen molar-refractivity contribution in [2.45, 2.75) is 13.8 Å². The van der Waals surface area contributed by atoms with Crippen molar-refractivity contribution < 1.29 is 9.53 Å². The van der Waals surface area contributed by atoms with Gasteiger partial charge in [-0.2, -0.15) is 0 Å². The van der Waals surface area contributed by atoms with E-state index < -0.39 is 5.91 Å². The first-order valence-electron chi connectivity index (χ1n) is 5.04. The molecule has 0 atom stereocenters. The summed E-state index contributed by atoms with van der Waals surface area (Å²) in [4.78, 5) is 11.1. The Balaban J connectivity index is 2.78. The standard InChI is InChI=1S/C12H16BrNO2/c1-12(2,7-13)8-16-10-6-4-3-5-9(10)11(14)15/h3-6H,7-8H2,1-2H3,(H2,14,15). The summed E-state index contributed by atoms with van der Waals surface area (Å²) < 4.78 is 5.62. The van der Waals surface area contributed by atoms with Crippen LogP contribution < -0.4 is 10.5 Å². The number of hydrogen-bond acceptors (Lipinski definition) is 2. The van der Waals surface area contributed by atoms with Gasteiger partial charge in [0.1, 0.15) is 5.75 Å². The van der Waals surface area contributed by atoms with Crippen LogP contribution >= 0.6 is 15.9 Å². The van der Waals surface area contributed by atoms with Crippen LogP contribution in [-0.2, 0) is 0 Å². The molecule has 2 N–H and O–H groups in total. The number of amides is 1. The molecular weight excluding hydrogens is 270 g/mol. The first-order valence-corrected chi connectivity index (χ1v) is 6.16. The van der Waals surface area contributed by atoms with E-state index in [-0.39, 0.29) is 5.41 Å². The molecule has 0 saturated carbocycles. The molecule has 0 aliphatic heterocycles. The summed E-state index contributed by atoms with van der Waals surface area (Å²) in [5, 5.41) is 0.832. The smallest absolute Gasteiger partial charge is 0.252 e. The molecule has 0 aliphatic rings. The van der Waals surface area contributed by atoms with Crippen molar-refractivity contribution in [3.63, 3.8) is 0 Å². The van der Waals surface area contributed by atoms with Crippen LogP contribution in [0.15, 0.2) is 24.3 Å². The van der Waals surface area contributed by atoms with Gasteiger partial charge < -0.3 is 10.5 Å². The number of carbonyl (C=O) groups is 1. The van der Waals surface area contributed by atoms with Crippen molar-refractivity contribution in [2.75, 3.05) is 11.9 Å². The SMILES string of the molecule is CC(C)(CBr)COc1ccccc1C(N)=O. The Kier molecular flexibility index (Phi) is 4.35. The zero-order chi connectivity index (χ0) is 12.2. The maximum absolute atomic E-state index is 11.1. The van der Waals surface area contributed by atoms with Gasteiger partial charge in [-0.25, -0.2) is 0 Å². The van der Waals surface area contributed by atoms with Crippen molar-refractivity contribution in [2.24, 2.45) is 11.1 Å². The lowest BCUT2D eigenvalue weighted by Crippen LogP contribution is -2.24. The minimum absolute atomic E-state index is 0.0186. The molecule has 0 unspecified atom stereocenters. The molecule has 1 amide bonds. The van der Waals surface area contributed by atoms with Crippen LogP contribution in [0.5, 0.6) is 5.75 Å². The van der Waals surface area contributed by atoms with E-state index in [0.717, 1.165) is 5.33 Å². The van der Waals surface area contributed by atoms with Gasteiger partial charge in [-0.15, -0.1) is 0 Å². The average molecular weight is 286 g/mol. The van der Waals surface area contributed by atoms with E-state index >= 15 is 0 Å². The second-order valence-electron chi connectivity index (χ2n) is 4.45. The molecule has 1 aromatic carbocycles. The Bertz CT molecular complexity index is 377. The highest BCUT2D eigenvalue weighted by molar-refractivity contribution is 9.09. The predicted octanol–water partition coefficient (Wildman–Crippen LogP) is 2.59. The van der Waals surface area contributed by atoms with E-state index in [1.54, 1.807) is 18.2 Å². The normalized spacial score (nSPS) is 11.2. The zero-order valence-corrected chi connectivity index (χ0v) is 11.1. The molecule has 0 spiro atoms. The lowest BCUT2D eigenvalue weighted by molar-refractivity contribution is 0.0993. The number of nitrogens with two attached hydrogens (primary N) is 1. The van der Waals surface area contributed by atoms with Gasteiger partial charge in [-0.3, -0.25) is 4.79 Å². The van der Waals surface area contributed by atoms with Gasteiger partial charge >= 0.3 is 0 Å². The summed E-state index contributed by atoms with van der Waals surface area (Å²) in [6.07, 6.45) is 0. The fourth-order valence-electron chi connectivity index (χ4n) is 1.11. The number of para-hydroxylation sites is 1. The molecular formula is C12H16BrNO2. The lowest BCUT2D eigenvalue weighted by atomic mass is 9.98. The van der Waals surface area contributed by atoms with Crippen molar-refractivity contribution >= 4 is 21.8 Å². The number of rotatable bonds is 5. The monoisotopic (exact) mass is 285 g/mol. The van der Waals surface area contributed by atoms with Crippen molar-refractivity contribution in [1.29, 1.82) is 0 Å². The summed E-state index contributed by atoms with van der Waals surface area (Å²) in [5.41, 5.74) is 5.70. The highest BCUT2D eigenvalue weighted by Crippen LogP contribution is 2.23. The van der Waals surface area contributed by atoms with Gasteiger partial charge in [0, 0.05) is 10.7 Å². The minimum atomic E-state index is -0.466. The topological polar surface area (TPSA) is 52.3 Å². The van der Waals surface area contributed by atoms with Crippen LogP contribution in [0, 0.1) is 5.41 Å². The average Bonchev–Trinajstić information content (AvgIpc) is 2.27.